The fraction of sp³-hybridized carbons (Fsp3) is 0. The Morgan fingerprint density at radius 3 is 2.52 bits per heavy atom. The molecule has 5 nitrogen and oxygen atoms in total. The van der Waals surface area contributed by atoms with Crippen LogP contribution in [0.15, 0.2) is 68.0 Å². The van der Waals surface area contributed by atoms with E-state index in [-0.39, 0.29) is 5.69 Å². The minimum atomic E-state index is -0.753. The van der Waals surface area contributed by atoms with Gasteiger partial charge in [0.25, 0.3) is 5.95 Å². The molecule has 2 aromatic carbocycles. The van der Waals surface area contributed by atoms with Crippen molar-refractivity contribution < 1.29 is 9.52 Å². The second kappa shape index (κ2) is 5.38. The lowest BCUT2D eigenvalue weighted by Crippen LogP contribution is -1.98. The highest BCUT2D eigenvalue weighted by Gasteiger charge is 2.11. The Morgan fingerprint density at radius 2 is 1.76 bits per heavy atom. The third-order valence-electron chi connectivity index (χ3n) is 2.87. The Labute approximate surface area is 124 Å². The third-order valence-corrected chi connectivity index (χ3v) is 3.10. The van der Waals surface area contributed by atoms with E-state index < -0.39 is 11.6 Å². The molecule has 0 saturated carbocycles. The van der Waals surface area contributed by atoms with E-state index in [1.165, 1.54) is 0 Å². The van der Waals surface area contributed by atoms with Crippen LogP contribution in [0.1, 0.15) is 0 Å². The van der Waals surface area contributed by atoms with Crippen LogP contribution in [-0.2, 0) is 0 Å². The van der Waals surface area contributed by atoms with Crippen LogP contribution < -0.4 is 5.63 Å². The highest BCUT2D eigenvalue weighted by molar-refractivity contribution is 6.30. The van der Waals surface area contributed by atoms with Crippen molar-refractivity contribution in [2.24, 2.45) is 10.2 Å². The van der Waals surface area contributed by atoms with E-state index in [9.17, 15) is 9.90 Å². The van der Waals surface area contributed by atoms with Gasteiger partial charge in [0.2, 0.25) is 0 Å². The molecule has 0 bridgehead atoms. The van der Waals surface area contributed by atoms with Crippen LogP contribution in [-0.4, -0.2) is 5.11 Å². The maximum Gasteiger partial charge on any atom is 0.367 e. The molecule has 0 aliphatic carbocycles. The summed E-state index contributed by atoms with van der Waals surface area (Å²) in [5, 5.41) is 18.9. The van der Waals surface area contributed by atoms with Gasteiger partial charge in [0.15, 0.2) is 5.69 Å². The zero-order valence-electron chi connectivity index (χ0n) is 10.7. The molecular formula is C15H9ClN2O3. The van der Waals surface area contributed by atoms with E-state index in [1.807, 2.05) is 0 Å². The largest absolute Gasteiger partial charge is 0.480 e. The Morgan fingerprint density at radius 1 is 1.00 bits per heavy atom. The summed E-state index contributed by atoms with van der Waals surface area (Å²) in [6.45, 7) is 0. The van der Waals surface area contributed by atoms with E-state index in [0.29, 0.717) is 21.5 Å². The first kappa shape index (κ1) is 13.3. The molecule has 0 atom stereocenters. The molecular weight excluding hydrogens is 292 g/mol. The van der Waals surface area contributed by atoms with Crippen LogP contribution in [0, 0.1) is 0 Å². The molecule has 0 amide bonds. The number of benzene rings is 2. The molecule has 3 rings (SSSR count). The van der Waals surface area contributed by atoms with Gasteiger partial charge in [0.1, 0.15) is 0 Å². The number of hydrogen-bond acceptors (Lipinski definition) is 5. The molecule has 0 spiro atoms. The lowest BCUT2D eigenvalue weighted by Gasteiger charge is -2.01. The van der Waals surface area contributed by atoms with Crippen molar-refractivity contribution in [2.45, 2.75) is 0 Å². The van der Waals surface area contributed by atoms with Crippen molar-refractivity contribution in [1.29, 1.82) is 0 Å². The molecule has 1 aromatic heterocycles. The van der Waals surface area contributed by atoms with Crippen LogP contribution in [0.4, 0.5) is 11.4 Å². The summed E-state index contributed by atoms with van der Waals surface area (Å²) in [5.74, 6) is -0.433. The number of rotatable bonds is 2. The van der Waals surface area contributed by atoms with E-state index >= 15 is 0 Å². The van der Waals surface area contributed by atoms with Gasteiger partial charge in [-0.2, -0.15) is 5.11 Å². The average molecular weight is 301 g/mol. The predicted octanol–water partition coefficient (Wildman–Crippen LogP) is 4.57. The summed E-state index contributed by atoms with van der Waals surface area (Å²) in [4.78, 5) is 11.8. The SMILES string of the molecule is O=c1oc(O)c2ccccc2c1N=Nc1cccc(Cl)c1. The molecule has 0 unspecified atom stereocenters. The van der Waals surface area contributed by atoms with Gasteiger partial charge < -0.3 is 9.52 Å². The van der Waals surface area contributed by atoms with Crippen LogP contribution in [0.3, 0.4) is 0 Å². The second-order valence-corrected chi connectivity index (χ2v) is 4.71. The number of azo groups is 1. The van der Waals surface area contributed by atoms with Crippen molar-refractivity contribution >= 4 is 33.7 Å². The number of aromatic hydroxyl groups is 1. The van der Waals surface area contributed by atoms with Gasteiger partial charge in [-0.1, -0.05) is 35.9 Å². The molecule has 3 aromatic rings. The average Bonchev–Trinajstić information content (AvgIpc) is 2.47. The second-order valence-electron chi connectivity index (χ2n) is 4.27. The zero-order chi connectivity index (χ0) is 14.8. The van der Waals surface area contributed by atoms with Crippen LogP contribution in [0.5, 0.6) is 5.95 Å². The molecule has 0 saturated heterocycles. The fourth-order valence-electron chi connectivity index (χ4n) is 1.92. The number of hydrogen-bond donors (Lipinski definition) is 1. The number of fused-ring (bicyclic) bond motifs is 1. The van der Waals surface area contributed by atoms with E-state index in [0.717, 1.165) is 0 Å². The van der Waals surface area contributed by atoms with Crippen molar-refractivity contribution in [2.75, 3.05) is 0 Å². The molecule has 0 aliphatic heterocycles. The first-order valence-electron chi connectivity index (χ1n) is 6.07. The molecule has 1 N–H and O–H groups in total. The lowest BCUT2D eigenvalue weighted by molar-refractivity contribution is 0.318. The first-order chi connectivity index (χ1) is 10.1. The topological polar surface area (TPSA) is 75.2 Å². The molecule has 0 aliphatic rings. The molecule has 1 heterocycles. The minimum Gasteiger partial charge on any atom is -0.480 e. The Bertz CT molecular complexity index is 903. The van der Waals surface area contributed by atoms with Crippen LogP contribution in [0.2, 0.25) is 5.02 Å². The molecule has 0 fully saturated rings. The summed E-state index contributed by atoms with van der Waals surface area (Å²) >= 11 is 5.86. The first-order valence-corrected chi connectivity index (χ1v) is 6.45. The number of halogens is 1. The van der Waals surface area contributed by atoms with Gasteiger partial charge in [-0.25, -0.2) is 4.79 Å². The maximum atomic E-state index is 11.8. The van der Waals surface area contributed by atoms with Crippen LogP contribution >= 0.6 is 11.6 Å². The summed E-state index contributed by atoms with van der Waals surface area (Å²) in [7, 11) is 0. The summed E-state index contributed by atoms with van der Waals surface area (Å²) in [5.41, 5.74) is -0.209. The Kier molecular flexibility index (Phi) is 3.41. The number of nitrogens with zero attached hydrogens (tertiary/aromatic N) is 2. The van der Waals surface area contributed by atoms with E-state index in [4.69, 9.17) is 16.0 Å². The van der Waals surface area contributed by atoms with Gasteiger partial charge in [-0.05, 0) is 24.3 Å². The highest BCUT2D eigenvalue weighted by Crippen LogP contribution is 2.30. The van der Waals surface area contributed by atoms with Crippen molar-refractivity contribution in [3.05, 3.63) is 64.0 Å². The standard InChI is InChI=1S/C15H9ClN2O3/c16-9-4-3-5-10(8-9)17-18-13-11-6-1-2-7-12(11)14(19)21-15(13)20/h1-8,19H. The summed E-state index contributed by atoms with van der Waals surface area (Å²) in [6, 6.07) is 13.5. The monoisotopic (exact) mass is 300 g/mol. The zero-order valence-corrected chi connectivity index (χ0v) is 11.4. The van der Waals surface area contributed by atoms with Gasteiger partial charge in [-0.15, -0.1) is 5.11 Å². The van der Waals surface area contributed by atoms with Crippen molar-refractivity contribution in [1.82, 2.24) is 0 Å². The van der Waals surface area contributed by atoms with Gasteiger partial charge >= 0.3 is 5.63 Å². The molecule has 104 valence electrons. The predicted molar refractivity (Wildman–Crippen MR) is 79.8 cm³/mol. The Hall–Kier alpha value is -2.66. The maximum absolute atomic E-state index is 11.8. The highest BCUT2D eigenvalue weighted by atomic mass is 35.5. The molecule has 0 radical (unpaired) electrons. The smallest absolute Gasteiger partial charge is 0.367 e. The lowest BCUT2D eigenvalue weighted by atomic mass is 10.1. The minimum absolute atomic E-state index is 0.0309. The van der Waals surface area contributed by atoms with Gasteiger partial charge in [-0.3, -0.25) is 0 Å². The van der Waals surface area contributed by atoms with E-state index in [2.05, 4.69) is 10.2 Å². The van der Waals surface area contributed by atoms with Crippen molar-refractivity contribution in [3.63, 3.8) is 0 Å². The summed E-state index contributed by atoms with van der Waals surface area (Å²) < 4.78 is 4.75. The molecule has 6 heteroatoms. The summed E-state index contributed by atoms with van der Waals surface area (Å²) in [6.07, 6.45) is 0. The quantitative estimate of drug-likeness (QED) is 0.704. The Balaban J connectivity index is 2.15. The normalized spacial score (nSPS) is 11.3. The van der Waals surface area contributed by atoms with Gasteiger partial charge in [0, 0.05) is 10.4 Å². The molecule has 21 heavy (non-hydrogen) atoms. The van der Waals surface area contributed by atoms with E-state index in [1.54, 1.807) is 48.5 Å². The van der Waals surface area contributed by atoms with Crippen LogP contribution in [0.25, 0.3) is 10.8 Å². The third kappa shape index (κ3) is 2.64. The van der Waals surface area contributed by atoms with Crippen molar-refractivity contribution in [3.8, 4) is 5.95 Å². The fourth-order valence-corrected chi connectivity index (χ4v) is 2.10. The van der Waals surface area contributed by atoms with Gasteiger partial charge in [0.05, 0.1) is 11.1 Å².